The van der Waals surface area contributed by atoms with Gasteiger partial charge in [-0.05, 0) is 24.3 Å². The third kappa shape index (κ3) is 3.11. The lowest BCUT2D eigenvalue weighted by atomic mass is 10.2. The number of aromatic nitrogens is 2. The van der Waals surface area contributed by atoms with Crippen LogP contribution >= 0.6 is 0 Å². The van der Waals surface area contributed by atoms with Crippen LogP contribution in [0.3, 0.4) is 0 Å². The highest BCUT2D eigenvalue weighted by Crippen LogP contribution is 2.20. The number of rotatable bonds is 3. The van der Waals surface area contributed by atoms with Crippen LogP contribution in [0.1, 0.15) is 5.56 Å². The van der Waals surface area contributed by atoms with Gasteiger partial charge in [-0.3, -0.25) is 0 Å². The lowest BCUT2D eigenvalue weighted by molar-refractivity contribution is -0.130. The molecule has 2 aliphatic heterocycles. The zero-order valence-electron chi connectivity index (χ0n) is 15.2. The van der Waals surface area contributed by atoms with E-state index in [4.69, 9.17) is 4.74 Å². The zero-order chi connectivity index (χ0) is 18.9. The van der Waals surface area contributed by atoms with Crippen LogP contribution in [0.4, 0.5) is 5.95 Å². The van der Waals surface area contributed by atoms with E-state index in [1.54, 1.807) is 6.20 Å². The van der Waals surface area contributed by atoms with Crippen molar-refractivity contribution in [2.75, 3.05) is 31.1 Å². The minimum absolute atomic E-state index is 0.344. The molecule has 0 atom stereocenters. The summed E-state index contributed by atoms with van der Waals surface area (Å²) >= 11 is 0. The number of imidazole rings is 1. The molecule has 0 saturated carbocycles. The van der Waals surface area contributed by atoms with Crippen molar-refractivity contribution in [1.82, 2.24) is 14.9 Å². The molecule has 0 radical (unpaired) electrons. The summed E-state index contributed by atoms with van der Waals surface area (Å²) in [5.41, 5.74) is 3.15. The first kappa shape index (κ1) is 16.6. The molecule has 28 heavy (non-hydrogen) atoms. The average molecular weight is 373 g/mol. The van der Waals surface area contributed by atoms with E-state index in [9.17, 15) is 4.79 Å². The smallest absolute Gasteiger partial charge is 0.365 e. The second-order valence-corrected chi connectivity index (χ2v) is 6.79. The Morgan fingerprint density at radius 1 is 0.964 bits per heavy atom. The van der Waals surface area contributed by atoms with Crippen LogP contribution in [0, 0.1) is 0 Å². The number of benzene rings is 2. The predicted octanol–water partition coefficient (Wildman–Crippen LogP) is 2.53. The number of hydrogen-bond acceptors (Lipinski definition) is 6. The SMILES string of the molecule is O=C1OC(c2ccccc2)=N/C1=C/N1CCN(c2nc3ccccc3[nH]2)CC1. The quantitative estimate of drug-likeness (QED) is 0.564. The van der Waals surface area contributed by atoms with Gasteiger partial charge in [0.05, 0.1) is 11.0 Å². The Hall–Kier alpha value is -3.61. The number of nitrogens with zero attached hydrogens (tertiary/aromatic N) is 4. The molecule has 2 aromatic carbocycles. The van der Waals surface area contributed by atoms with E-state index in [0.29, 0.717) is 11.6 Å². The number of ether oxygens (including phenoxy) is 1. The molecule has 3 aromatic rings. The summed E-state index contributed by atoms with van der Waals surface area (Å²) in [6.07, 6.45) is 1.80. The van der Waals surface area contributed by atoms with Gasteiger partial charge in [0.1, 0.15) is 0 Å². The van der Waals surface area contributed by atoms with Gasteiger partial charge in [0.15, 0.2) is 5.70 Å². The van der Waals surface area contributed by atoms with Gasteiger partial charge in [-0.25, -0.2) is 14.8 Å². The van der Waals surface area contributed by atoms with Gasteiger partial charge in [0.2, 0.25) is 11.8 Å². The van der Waals surface area contributed by atoms with Crippen molar-refractivity contribution in [3.63, 3.8) is 0 Å². The standard InChI is InChI=1S/C21H19N5O2/c27-20-18(22-19(28-20)15-6-2-1-3-7-15)14-25-10-12-26(13-11-25)21-23-16-8-4-5-9-17(16)24-21/h1-9,14H,10-13H2,(H,23,24)/b18-14+. The molecule has 2 aliphatic rings. The Labute approximate surface area is 162 Å². The second-order valence-electron chi connectivity index (χ2n) is 6.79. The topological polar surface area (TPSA) is 73.8 Å². The van der Waals surface area contributed by atoms with Gasteiger partial charge >= 0.3 is 5.97 Å². The molecule has 0 aliphatic carbocycles. The molecule has 7 nitrogen and oxygen atoms in total. The van der Waals surface area contributed by atoms with E-state index < -0.39 is 5.97 Å². The molecule has 140 valence electrons. The lowest BCUT2D eigenvalue weighted by Gasteiger charge is -2.33. The van der Waals surface area contributed by atoms with Crippen molar-refractivity contribution < 1.29 is 9.53 Å². The van der Waals surface area contributed by atoms with E-state index >= 15 is 0 Å². The molecule has 0 amide bonds. The molecular weight excluding hydrogens is 354 g/mol. The summed E-state index contributed by atoms with van der Waals surface area (Å²) in [5, 5.41) is 0. The van der Waals surface area contributed by atoms with E-state index in [-0.39, 0.29) is 0 Å². The molecular formula is C21H19N5O2. The number of piperazine rings is 1. The number of hydrogen-bond donors (Lipinski definition) is 1. The van der Waals surface area contributed by atoms with Crippen molar-refractivity contribution in [3.8, 4) is 0 Å². The monoisotopic (exact) mass is 373 g/mol. The van der Waals surface area contributed by atoms with Gasteiger partial charge in [-0.1, -0.05) is 30.3 Å². The van der Waals surface area contributed by atoms with Crippen LogP contribution in [0.25, 0.3) is 11.0 Å². The van der Waals surface area contributed by atoms with Gasteiger partial charge in [-0.2, -0.15) is 0 Å². The number of anilines is 1. The highest BCUT2D eigenvalue weighted by Gasteiger charge is 2.26. The van der Waals surface area contributed by atoms with Crippen LogP contribution in [-0.4, -0.2) is 52.9 Å². The first-order chi connectivity index (χ1) is 13.8. The van der Waals surface area contributed by atoms with Gasteiger partial charge in [-0.15, -0.1) is 0 Å². The number of nitrogens with one attached hydrogen (secondary N) is 1. The fourth-order valence-electron chi connectivity index (χ4n) is 3.43. The molecule has 1 fully saturated rings. The Bertz CT molecular complexity index is 1050. The summed E-state index contributed by atoms with van der Waals surface area (Å²) < 4.78 is 5.32. The van der Waals surface area contributed by atoms with Crippen LogP contribution in [0.2, 0.25) is 0 Å². The average Bonchev–Trinajstić information content (AvgIpc) is 3.33. The van der Waals surface area contributed by atoms with E-state index in [2.05, 4.69) is 24.8 Å². The Balaban J connectivity index is 1.28. The highest BCUT2D eigenvalue weighted by atomic mass is 16.6. The number of aliphatic imine (C=N–C) groups is 1. The number of fused-ring (bicyclic) bond motifs is 1. The third-order valence-corrected chi connectivity index (χ3v) is 4.94. The molecule has 1 saturated heterocycles. The highest BCUT2D eigenvalue weighted by molar-refractivity contribution is 6.11. The number of carbonyl (C=O) groups excluding carboxylic acids is 1. The maximum Gasteiger partial charge on any atom is 0.365 e. The Morgan fingerprint density at radius 3 is 2.50 bits per heavy atom. The first-order valence-corrected chi connectivity index (χ1v) is 9.28. The fraction of sp³-hybridized carbons (Fsp3) is 0.190. The summed E-state index contributed by atoms with van der Waals surface area (Å²) in [4.78, 5) is 28.9. The van der Waals surface area contributed by atoms with E-state index in [0.717, 1.165) is 48.7 Å². The predicted molar refractivity (Wildman–Crippen MR) is 107 cm³/mol. The largest absolute Gasteiger partial charge is 0.402 e. The number of cyclic esters (lactones) is 1. The summed E-state index contributed by atoms with van der Waals surface area (Å²) in [7, 11) is 0. The summed E-state index contributed by atoms with van der Waals surface area (Å²) in [6.45, 7) is 3.19. The zero-order valence-corrected chi connectivity index (χ0v) is 15.2. The van der Waals surface area contributed by atoms with Gasteiger partial charge in [0, 0.05) is 37.9 Å². The molecule has 0 bridgehead atoms. The normalized spacial score (nSPS) is 18.6. The van der Waals surface area contributed by atoms with Crippen LogP contribution in [0.15, 0.2) is 71.5 Å². The number of esters is 1. The summed E-state index contributed by atoms with van der Waals surface area (Å²) in [5.74, 6) is 0.842. The third-order valence-electron chi connectivity index (χ3n) is 4.94. The maximum atomic E-state index is 12.2. The lowest BCUT2D eigenvalue weighted by Crippen LogP contribution is -2.44. The first-order valence-electron chi connectivity index (χ1n) is 9.28. The Kier molecular flexibility index (Phi) is 4.05. The fourth-order valence-corrected chi connectivity index (χ4v) is 3.43. The maximum absolute atomic E-state index is 12.2. The van der Waals surface area contributed by atoms with E-state index in [1.165, 1.54) is 0 Å². The number of aromatic amines is 1. The van der Waals surface area contributed by atoms with Crippen LogP contribution < -0.4 is 4.90 Å². The molecule has 0 unspecified atom stereocenters. The van der Waals surface area contributed by atoms with Crippen molar-refractivity contribution in [3.05, 3.63) is 72.1 Å². The minimum atomic E-state index is -0.404. The van der Waals surface area contributed by atoms with Crippen molar-refractivity contribution in [2.24, 2.45) is 4.99 Å². The minimum Gasteiger partial charge on any atom is -0.402 e. The van der Waals surface area contributed by atoms with Gasteiger partial charge < -0.3 is 19.5 Å². The molecule has 3 heterocycles. The van der Waals surface area contributed by atoms with Crippen molar-refractivity contribution in [2.45, 2.75) is 0 Å². The van der Waals surface area contributed by atoms with Crippen molar-refractivity contribution in [1.29, 1.82) is 0 Å². The Morgan fingerprint density at radius 2 is 1.71 bits per heavy atom. The van der Waals surface area contributed by atoms with Crippen LogP contribution in [0.5, 0.6) is 0 Å². The number of para-hydroxylation sites is 2. The molecule has 1 N–H and O–H groups in total. The molecule has 0 spiro atoms. The number of carbonyl (C=O) groups is 1. The molecule has 5 rings (SSSR count). The van der Waals surface area contributed by atoms with Gasteiger partial charge in [0.25, 0.3) is 0 Å². The summed E-state index contributed by atoms with van der Waals surface area (Å²) in [6, 6.07) is 17.5. The molecule has 1 aromatic heterocycles. The molecule has 7 heteroatoms. The number of H-pyrrole nitrogens is 1. The van der Waals surface area contributed by atoms with E-state index in [1.807, 2.05) is 54.6 Å². The van der Waals surface area contributed by atoms with Crippen LogP contribution in [-0.2, 0) is 9.53 Å². The second kappa shape index (κ2) is 6.84. The van der Waals surface area contributed by atoms with Crippen molar-refractivity contribution >= 4 is 28.8 Å².